The van der Waals surface area contributed by atoms with E-state index in [0.29, 0.717) is 5.92 Å². The van der Waals surface area contributed by atoms with Crippen molar-refractivity contribution in [2.75, 3.05) is 0 Å². The predicted octanol–water partition coefficient (Wildman–Crippen LogP) is 5.75. The Kier molecular flexibility index (Phi) is 4.52. The van der Waals surface area contributed by atoms with E-state index in [-0.39, 0.29) is 5.82 Å². The summed E-state index contributed by atoms with van der Waals surface area (Å²) < 4.78 is 13.9. The topological polar surface area (TPSA) is 12.9 Å². The SMILES string of the molecule is CC(C)Cc1cc(-c2ccc(-c3ccccc3)nc2)ccc1F. The number of pyridine rings is 1. The fourth-order valence-corrected chi connectivity index (χ4v) is 2.69. The van der Waals surface area contributed by atoms with Crippen molar-refractivity contribution in [2.45, 2.75) is 20.3 Å². The zero-order chi connectivity index (χ0) is 16.2. The van der Waals surface area contributed by atoms with Crippen LogP contribution in [0.4, 0.5) is 4.39 Å². The minimum Gasteiger partial charge on any atom is -0.256 e. The van der Waals surface area contributed by atoms with Gasteiger partial charge in [0.2, 0.25) is 0 Å². The Hall–Kier alpha value is -2.48. The summed E-state index contributed by atoms with van der Waals surface area (Å²) in [5, 5.41) is 0. The lowest BCUT2D eigenvalue weighted by Gasteiger charge is -2.09. The van der Waals surface area contributed by atoms with Gasteiger partial charge in [0.25, 0.3) is 0 Å². The summed E-state index contributed by atoms with van der Waals surface area (Å²) in [4.78, 5) is 4.54. The highest BCUT2D eigenvalue weighted by molar-refractivity contribution is 5.67. The van der Waals surface area contributed by atoms with Crippen LogP contribution in [0, 0.1) is 11.7 Å². The van der Waals surface area contributed by atoms with Crippen LogP contribution in [-0.2, 0) is 6.42 Å². The molecule has 0 unspecified atom stereocenters. The fourth-order valence-electron chi connectivity index (χ4n) is 2.69. The molecule has 3 rings (SSSR count). The number of aromatic nitrogens is 1. The van der Waals surface area contributed by atoms with Gasteiger partial charge >= 0.3 is 0 Å². The smallest absolute Gasteiger partial charge is 0.126 e. The standard InChI is InChI=1S/C21H20FN/c1-15(2)12-19-13-17(8-10-20(19)22)18-9-11-21(23-14-18)16-6-4-3-5-7-16/h3-11,13-15H,12H2,1-2H3. The molecule has 0 bridgehead atoms. The van der Waals surface area contributed by atoms with Gasteiger partial charge in [-0.15, -0.1) is 0 Å². The minimum absolute atomic E-state index is 0.128. The summed E-state index contributed by atoms with van der Waals surface area (Å²) in [5.74, 6) is 0.301. The second kappa shape index (κ2) is 6.74. The van der Waals surface area contributed by atoms with E-state index >= 15 is 0 Å². The molecule has 0 N–H and O–H groups in total. The molecule has 1 nitrogen and oxygen atoms in total. The third kappa shape index (κ3) is 3.65. The molecular weight excluding hydrogens is 285 g/mol. The Morgan fingerprint density at radius 1 is 0.870 bits per heavy atom. The largest absolute Gasteiger partial charge is 0.256 e. The maximum absolute atomic E-state index is 13.9. The molecule has 0 radical (unpaired) electrons. The van der Waals surface area contributed by atoms with Gasteiger partial charge in [-0.25, -0.2) is 4.39 Å². The van der Waals surface area contributed by atoms with Gasteiger partial charge in [0.1, 0.15) is 5.82 Å². The first-order valence-corrected chi connectivity index (χ1v) is 7.94. The molecule has 0 fully saturated rings. The van der Waals surface area contributed by atoms with Crippen molar-refractivity contribution in [3.63, 3.8) is 0 Å². The molecule has 0 saturated carbocycles. The van der Waals surface area contributed by atoms with E-state index in [9.17, 15) is 4.39 Å². The van der Waals surface area contributed by atoms with Gasteiger partial charge < -0.3 is 0 Å². The van der Waals surface area contributed by atoms with Crippen LogP contribution < -0.4 is 0 Å². The quantitative estimate of drug-likeness (QED) is 0.597. The number of rotatable bonds is 4. The monoisotopic (exact) mass is 305 g/mol. The van der Waals surface area contributed by atoms with Crippen LogP contribution in [0.3, 0.4) is 0 Å². The molecule has 0 aliphatic heterocycles. The average Bonchev–Trinajstić information content (AvgIpc) is 2.57. The van der Waals surface area contributed by atoms with E-state index < -0.39 is 0 Å². The first kappa shape index (κ1) is 15.4. The van der Waals surface area contributed by atoms with E-state index in [1.54, 1.807) is 6.07 Å². The zero-order valence-corrected chi connectivity index (χ0v) is 13.5. The Morgan fingerprint density at radius 3 is 2.26 bits per heavy atom. The number of hydrogen-bond acceptors (Lipinski definition) is 1. The van der Waals surface area contributed by atoms with E-state index in [1.165, 1.54) is 0 Å². The molecule has 0 amide bonds. The molecule has 0 aliphatic carbocycles. The highest BCUT2D eigenvalue weighted by atomic mass is 19.1. The normalized spacial score (nSPS) is 11.0. The van der Waals surface area contributed by atoms with Crippen LogP contribution in [0.15, 0.2) is 66.9 Å². The maximum atomic E-state index is 13.9. The lowest BCUT2D eigenvalue weighted by molar-refractivity contribution is 0.574. The molecule has 2 heteroatoms. The van der Waals surface area contributed by atoms with Gasteiger partial charge in [-0.3, -0.25) is 4.98 Å². The van der Waals surface area contributed by atoms with Gasteiger partial charge in [0.15, 0.2) is 0 Å². The summed E-state index contributed by atoms with van der Waals surface area (Å²) in [6.45, 7) is 4.20. The summed E-state index contributed by atoms with van der Waals surface area (Å²) in [6.07, 6.45) is 2.60. The minimum atomic E-state index is -0.128. The van der Waals surface area contributed by atoms with Gasteiger partial charge in [-0.1, -0.05) is 56.3 Å². The molecule has 2 aromatic carbocycles. The molecule has 0 saturated heterocycles. The summed E-state index contributed by atoms with van der Waals surface area (Å²) >= 11 is 0. The highest BCUT2D eigenvalue weighted by Crippen LogP contribution is 2.25. The Balaban J connectivity index is 1.90. The highest BCUT2D eigenvalue weighted by Gasteiger charge is 2.08. The lowest BCUT2D eigenvalue weighted by Crippen LogP contribution is -1.98. The van der Waals surface area contributed by atoms with Gasteiger partial charge in [-0.05, 0) is 41.7 Å². The van der Waals surface area contributed by atoms with Crippen LogP contribution in [0.25, 0.3) is 22.4 Å². The van der Waals surface area contributed by atoms with Crippen LogP contribution in [0.1, 0.15) is 19.4 Å². The van der Waals surface area contributed by atoms with Crippen molar-refractivity contribution in [2.24, 2.45) is 5.92 Å². The van der Waals surface area contributed by atoms with Crippen molar-refractivity contribution in [1.82, 2.24) is 4.98 Å². The van der Waals surface area contributed by atoms with Crippen LogP contribution >= 0.6 is 0 Å². The molecule has 0 spiro atoms. The van der Waals surface area contributed by atoms with E-state index in [2.05, 4.69) is 18.8 Å². The Morgan fingerprint density at radius 2 is 1.61 bits per heavy atom. The van der Waals surface area contributed by atoms with E-state index in [0.717, 1.165) is 34.4 Å². The second-order valence-electron chi connectivity index (χ2n) is 6.20. The third-order valence-electron chi connectivity index (χ3n) is 3.84. The summed E-state index contributed by atoms with van der Waals surface area (Å²) in [5.41, 5.74) is 4.83. The molecule has 0 atom stereocenters. The Bertz CT molecular complexity index is 777. The van der Waals surface area contributed by atoms with E-state index in [4.69, 9.17) is 0 Å². The Labute approximate surface area is 136 Å². The van der Waals surface area contributed by atoms with Crippen molar-refractivity contribution in [1.29, 1.82) is 0 Å². The number of nitrogens with zero attached hydrogens (tertiary/aromatic N) is 1. The van der Waals surface area contributed by atoms with Gasteiger partial charge in [-0.2, -0.15) is 0 Å². The summed E-state index contributed by atoms with van der Waals surface area (Å²) in [7, 11) is 0. The van der Waals surface area contributed by atoms with Crippen molar-refractivity contribution >= 4 is 0 Å². The average molecular weight is 305 g/mol. The second-order valence-corrected chi connectivity index (χ2v) is 6.20. The maximum Gasteiger partial charge on any atom is 0.126 e. The molecule has 3 aromatic rings. The molecule has 1 aromatic heterocycles. The summed E-state index contributed by atoms with van der Waals surface area (Å²) in [6, 6.07) is 19.4. The fraction of sp³-hybridized carbons (Fsp3) is 0.190. The number of benzene rings is 2. The van der Waals surface area contributed by atoms with Crippen molar-refractivity contribution in [3.05, 3.63) is 78.2 Å². The third-order valence-corrected chi connectivity index (χ3v) is 3.84. The molecular formula is C21H20FN. The van der Waals surface area contributed by atoms with Gasteiger partial charge in [0, 0.05) is 17.3 Å². The molecule has 116 valence electrons. The molecule has 1 heterocycles. The lowest BCUT2D eigenvalue weighted by atomic mass is 9.98. The van der Waals surface area contributed by atoms with Gasteiger partial charge in [0.05, 0.1) is 5.69 Å². The molecule has 0 aliphatic rings. The predicted molar refractivity (Wildman–Crippen MR) is 93.6 cm³/mol. The van der Waals surface area contributed by atoms with Crippen molar-refractivity contribution in [3.8, 4) is 22.4 Å². The van der Waals surface area contributed by atoms with E-state index in [1.807, 2.05) is 60.8 Å². The molecule has 23 heavy (non-hydrogen) atoms. The number of hydrogen-bond donors (Lipinski definition) is 0. The van der Waals surface area contributed by atoms with Crippen LogP contribution in [-0.4, -0.2) is 4.98 Å². The van der Waals surface area contributed by atoms with Crippen LogP contribution in [0.5, 0.6) is 0 Å². The first-order chi connectivity index (χ1) is 11.1. The first-order valence-electron chi connectivity index (χ1n) is 7.94. The number of halogens is 1. The zero-order valence-electron chi connectivity index (χ0n) is 13.5. The van der Waals surface area contributed by atoms with Crippen molar-refractivity contribution < 1.29 is 4.39 Å². The van der Waals surface area contributed by atoms with Crippen LogP contribution in [0.2, 0.25) is 0 Å².